The Morgan fingerprint density at radius 3 is 2.51 bits per heavy atom. The molecule has 5 N–H and O–H groups in total. The van der Waals surface area contributed by atoms with Crippen LogP contribution in [0.25, 0.3) is 11.0 Å². The molecule has 5 aromatic rings. The van der Waals surface area contributed by atoms with E-state index in [0.29, 0.717) is 22.8 Å². The van der Waals surface area contributed by atoms with Crippen molar-refractivity contribution < 1.29 is 13.7 Å². The minimum absolute atomic E-state index is 0.0825. The molecule has 0 aliphatic rings. The number of furan rings is 1. The van der Waals surface area contributed by atoms with E-state index in [0.717, 1.165) is 39.5 Å². The summed E-state index contributed by atoms with van der Waals surface area (Å²) in [5.74, 6) is 7.30. The van der Waals surface area contributed by atoms with Crippen LogP contribution in [0.15, 0.2) is 86.8 Å². The Kier molecular flexibility index (Phi) is 7.89. The molecule has 0 radical (unpaired) electrons. The Balaban J connectivity index is 1.42. The molecule has 0 aliphatic heterocycles. The van der Waals surface area contributed by atoms with Crippen LogP contribution in [-0.4, -0.2) is 22.5 Å². The van der Waals surface area contributed by atoms with E-state index in [1.54, 1.807) is 0 Å². The molecule has 3 aromatic carbocycles. The van der Waals surface area contributed by atoms with Crippen LogP contribution in [0.3, 0.4) is 0 Å². The first kappa shape index (κ1) is 27.7. The lowest BCUT2D eigenvalue weighted by Gasteiger charge is -2.22. The van der Waals surface area contributed by atoms with E-state index in [2.05, 4.69) is 47.6 Å². The average Bonchev–Trinajstić information content (AvgIpc) is 3.51. The molecule has 0 saturated heterocycles. The number of benzene rings is 3. The summed E-state index contributed by atoms with van der Waals surface area (Å²) < 4.78 is 11.6. The summed E-state index contributed by atoms with van der Waals surface area (Å²) in [5.41, 5.74) is 12.9. The van der Waals surface area contributed by atoms with Crippen LogP contribution in [-0.2, 0) is 11.2 Å². The third-order valence-electron chi connectivity index (χ3n) is 7.24. The number of nitrogens with two attached hydrogens (primary N) is 2. The topological polar surface area (TPSA) is 136 Å². The molecule has 2 unspecified atom stereocenters. The Hall–Kier alpha value is -4.89. The van der Waals surface area contributed by atoms with Crippen molar-refractivity contribution in [1.82, 2.24) is 15.6 Å². The van der Waals surface area contributed by atoms with E-state index in [4.69, 9.17) is 20.5 Å². The molecule has 9 nitrogen and oxygen atoms in total. The quantitative estimate of drug-likeness (QED) is 0.0984. The lowest BCUT2D eigenvalue weighted by molar-refractivity contribution is -0.120. The minimum Gasteiger partial charge on any atom is -0.458 e. The van der Waals surface area contributed by atoms with Crippen LogP contribution < -0.4 is 16.9 Å². The van der Waals surface area contributed by atoms with Gasteiger partial charge in [-0.25, -0.2) is 11.0 Å². The Labute approximate surface area is 238 Å². The van der Waals surface area contributed by atoms with Crippen molar-refractivity contribution in [2.75, 3.05) is 0 Å². The zero-order valence-corrected chi connectivity index (χ0v) is 23.6. The zero-order chi connectivity index (χ0) is 29.1. The average molecular weight is 551 g/mol. The van der Waals surface area contributed by atoms with Gasteiger partial charge in [-0.2, -0.15) is 5.10 Å². The first-order valence-electron chi connectivity index (χ1n) is 13.4. The van der Waals surface area contributed by atoms with E-state index in [1.165, 1.54) is 10.7 Å². The van der Waals surface area contributed by atoms with Gasteiger partial charge in [0.15, 0.2) is 6.04 Å². The zero-order valence-electron chi connectivity index (χ0n) is 23.6. The van der Waals surface area contributed by atoms with Crippen LogP contribution in [0, 0.1) is 27.7 Å². The summed E-state index contributed by atoms with van der Waals surface area (Å²) >= 11 is 0. The molecule has 0 aliphatic carbocycles. The number of carbonyl (C=O) groups is 1. The number of rotatable bonds is 9. The first-order valence-corrected chi connectivity index (χ1v) is 13.4. The van der Waals surface area contributed by atoms with Crippen LogP contribution in [0.1, 0.15) is 62.7 Å². The molecular formula is C32H34N6O3. The Morgan fingerprint density at radius 2 is 1.83 bits per heavy atom. The van der Waals surface area contributed by atoms with Gasteiger partial charge >= 0.3 is 0 Å². The normalized spacial score (nSPS) is 13.0. The second-order valence-electron chi connectivity index (χ2n) is 10.3. The highest BCUT2D eigenvalue weighted by atomic mass is 16.5. The van der Waals surface area contributed by atoms with Gasteiger partial charge in [-0.15, -0.1) is 0 Å². The molecule has 9 heteroatoms. The van der Waals surface area contributed by atoms with Crippen molar-refractivity contribution in [1.29, 1.82) is 0 Å². The fourth-order valence-electron chi connectivity index (χ4n) is 5.32. The molecule has 210 valence electrons. The van der Waals surface area contributed by atoms with Crippen molar-refractivity contribution in [3.63, 3.8) is 0 Å². The molecule has 0 saturated carbocycles. The summed E-state index contributed by atoms with van der Waals surface area (Å²) in [6.45, 7) is 7.78. The fraction of sp³-hybridized carbons (Fsp3) is 0.219. The van der Waals surface area contributed by atoms with Crippen LogP contribution in [0.4, 0.5) is 0 Å². The predicted octanol–water partition coefficient (Wildman–Crippen LogP) is 5.27. The van der Waals surface area contributed by atoms with Gasteiger partial charge in [-0.1, -0.05) is 65.3 Å². The van der Waals surface area contributed by atoms with Crippen molar-refractivity contribution >= 4 is 23.2 Å². The number of nitrogens with zero attached hydrogens (tertiary/aromatic N) is 3. The van der Waals surface area contributed by atoms with Crippen molar-refractivity contribution in [2.45, 2.75) is 46.2 Å². The summed E-state index contributed by atoms with van der Waals surface area (Å²) in [5, 5.41) is 13.4. The standard InChI is InChI=1S/C32H34N6O3/c1-19-10-12-26(20(2)14-19)31(24-8-6-5-7-9-24)36-29(39)16-23-11-13-27-25(15-23)17-28(40-27)32(38(34)35-18-33)30-21(3)37-41-22(30)4/h5-15,17-18,31-32H,16,34H2,1-4H3,(H2,33,35)(H,36,39). The smallest absolute Gasteiger partial charge is 0.225 e. The van der Waals surface area contributed by atoms with Gasteiger partial charge in [0.2, 0.25) is 5.91 Å². The lowest BCUT2D eigenvalue weighted by atomic mass is 9.93. The first-order chi connectivity index (χ1) is 19.7. The maximum absolute atomic E-state index is 13.4. The van der Waals surface area contributed by atoms with Crippen molar-refractivity contribution in [2.24, 2.45) is 16.7 Å². The Bertz CT molecular complexity index is 1690. The van der Waals surface area contributed by atoms with E-state index < -0.39 is 6.04 Å². The van der Waals surface area contributed by atoms with E-state index in [9.17, 15) is 4.79 Å². The third-order valence-corrected chi connectivity index (χ3v) is 7.24. The second kappa shape index (κ2) is 11.7. The van der Waals surface area contributed by atoms with Gasteiger partial charge < -0.3 is 20.0 Å². The van der Waals surface area contributed by atoms with Gasteiger partial charge in [-0.05, 0) is 68.1 Å². The molecule has 0 fully saturated rings. The number of amides is 1. The number of hydrazone groups is 1. The van der Waals surface area contributed by atoms with Crippen molar-refractivity contribution in [3.05, 3.63) is 123 Å². The maximum Gasteiger partial charge on any atom is 0.225 e. The monoisotopic (exact) mass is 550 g/mol. The van der Waals surface area contributed by atoms with Crippen LogP contribution in [0.2, 0.25) is 0 Å². The molecule has 2 heterocycles. The van der Waals surface area contributed by atoms with Gasteiger partial charge in [0.1, 0.15) is 23.4 Å². The van der Waals surface area contributed by atoms with Gasteiger partial charge in [0, 0.05) is 5.39 Å². The molecular weight excluding hydrogens is 516 g/mol. The number of hydrazine groups is 1. The molecule has 1 amide bonds. The number of fused-ring (bicyclic) bond motifs is 1. The fourth-order valence-corrected chi connectivity index (χ4v) is 5.32. The van der Waals surface area contributed by atoms with E-state index >= 15 is 0 Å². The third kappa shape index (κ3) is 5.85. The van der Waals surface area contributed by atoms with E-state index in [-0.39, 0.29) is 18.4 Å². The number of aryl methyl sites for hydroxylation is 4. The number of nitrogens with one attached hydrogen (secondary N) is 1. The molecule has 2 atom stereocenters. The second-order valence-corrected chi connectivity index (χ2v) is 10.3. The van der Waals surface area contributed by atoms with Crippen LogP contribution >= 0.6 is 0 Å². The van der Waals surface area contributed by atoms with Crippen LogP contribution in [0.5, 0.6) is 0 Å². The van der Waals surface area contributed by atoms with Gasteiger partial charge in [-0.3, -0.25) is 4.79 Å². The molecule has 5 rings (SSSR count). The maximum atomic E-state index is 13.4. The Morgan fingerprint density at radius 1 is 1.05 bits per heavy atom. The van der Waals surface area contributed by atoms with Crippen molar-refractivity contribution in [3.8, 4) is 0 Å². The lowest BCUT2D eigenvalue weighted by Crippen LogP contribution is -2.32. The summed E-state index contributed by atoms with van der Waals surface area (Å²) in [6.07, 6.45) is 1.32. The summed E-state index contributed by atoms with van der Waals surface area (Å²) in [7, 11) is 0. The van der Waals surface area contributed by atoms with E-state index in [1.807, 2.05) is 68.4 Å². The highest BCUT2D eigenvalue weighted by Crippen LogP contribution is 2.35. The summed E-state index contributed by atoms with van der Waals surface area (Å²) in [6, 6.07) is 23.0. The number of hydrogen-bond acceptors (Lipinski definition) is 7. The number of hydrogen-bond donors (Lipinski definition) is 3. The molecule has 41 heavy (non-hydrogen) atoms. The molecule has 0 spiro atoms. The number of carbonyl (C=O) groups excluding carboxylic acids is 1. The highest BCUT2D eigenvalue weighted by Gasteiger charge is 2.30. The largest absolute Gasteiger partial charge is 0.458 e. The summed E-state index contributed by atoms with van der Waals surface area (Å²) in [4.78, 5) is 13.4. The SMILES string of the molecule is Cc1ccc(C(NC(=O)Cc2ccc3oc(C(c4c(C)noc4C)N(N)/N=C\N)cc3c2)c2ccccc2)c(C)c1. The molecule has 0 bridgehead atoms. The predicted molar refractivity (Wildman–Crippen MR) is 159 cm³/mol. The number of aromatic nitrogens is 1. The molecule has 2 aromatic heterocycles. The van der Waals surface area contributed by atoms with Gasteiger partial charge in [0.25, 0.3) is 0 Å². The van der Waals surface area contributed by atoms with Gasteiger partial charge in [0.05, 0.1) is 23.7 Å². The highest BCUT2D eigenvalue weighted by molar-refractivity contribution is 5.83. The minimum atomic E-state index is -0.607.